The lowest BCUT2D eigenvalue weighted by Crippen LogP contribution is -2.22. The van der Waals surface area contributed by atoms with E-state index in [1.54, 1.807) is 6.07 Å². The first-order valence-corrected chi connectivity index (χ1v) is 6.31. The number of rotatable bonds is 4. The van der Waals surface area contributed by atoms with Gasteiger partial charge in [0.2, 0.25) is 5.91 Å². The Morgan fingerprint density at radius 1 is 1.00 bits per heavy atom. The molecule has 2 aromatic carbocycles. The first-order chi connectivity index (χ1) is 10.3. The molecule has 0 aromatic heterocycles. The van der Waals surface area contributed by atoms with Gasteiger partial charge in [0.05, 0.1) is 12.1 Å². The molecule has 0 aliphatic heterocycles. The molecule has 2 aromatic rings. The summed E-state index contributed by atoms with van der Waals surface area (Å²) < 4.78 is 50.6. The second kappa shape index (κ2) is 6.46. The maximum atomic E-state index is 12.9. The van der Waals surface area contributed by atoms with Crippen LogP contribution in [-0.2, 0) is 11.0 Å². The Hall–Kier alpha value is -2.57. The standard InChI is InChI=1S/C15H12F4N2O/c16-11-4-2-5-12(8-11)20-9-14(22)21-13-6-1-3-10(7-13)15(17,18)19/h1-8,20H,9H2,(H,21,22). The van der Waals surface area contributed by atoms with E-state index in [0.29, 0.717) is 5.69 Å². The number of benzene rings is 2. The summed E-state index contributed by atoms with van der Waals surface area (Å²) in [6, 6.07) is 9.84. The van der Waals surface area contributed by atoms with Crippen LogP contribution in [0.4, 0.5) is 28.9 Å². The topological polar surface area (TPSA) is 41.1 Å². The van der Waals surface area contributed by atoms with E-state index in [2.05, 4.69) is 10.6 Å². The van der Waals surface area contributed by atoms with Crippen molar-refractivity contribution in [2.45, 2.75) is 6.18 Å². The van der Waals surface area contributed by atoms with Crippen LogP contribution in [0.1, 0.15) is 5.56 Å². The monoisotopic (exact) mass is 312 g/mol. The summed E-state index contributed by atoms with van der Waals surface area (Å²) in [4.78, 5) is 11.7. The zero-order chi connectivity index (χ0) is 16.2. The van der Waals surface area contributed by atoms with Crippen LogP contribution in [0, 0.1) is 5.82 Å². The van der Waals surface area contributed by atoms with Crippen molar-refractivity contribution in [2.75, 3.05) is 17.2 Å². The molecule has 0 saturated heterocycles. The Labute approximate surface area is 124 Å². The van der Waals surface area contributed by atoms with Gasteiger partial charge in [-0.2, -0.15) is 13.2 Å². The minimum Gasteiger partial charge on any atom is -0.376 e. The second-order valence-corrected chi connectivity index (χ2v) is 4.49. The highest BCUT2D eigenvalue weighted by Crippen LogP contribution is 2.30. The number of hydrogen-bond donors (Lipinski definition) is 2. The fourth-order valence-electron chi connectivity index (χ4n) is 1.76. The average molecular weight is 312 g/mol. The molecule has 0 bridgehead atoms. The minimum atomic E-state index is -4.47. The fraction of sp³-hybridized carbons (Fsp3) is 0.133. The van der Waals surface area contributed by atoms with Gasteiger partial charge in [-0.3, -0.25) is 4.79 Å². The number of hydrogen-bond acceptors (Lipinski definition) is 2. The zero-order valence-corrected chi connectivity index (χ0v) is 11.2. The number of carbonyl (C=O) groups excluding carboxylic acids is 1. The maximum absolute atomic E-state index is 12.9. The fourth-order valence-corrected chi connectivity index (χ4v) is 1.76. The minimum absolute atomic E-state index is 0.0425. The van der Waals surface area contributed by atoms with Crippen LogP contribution in [0.2, 0.25) is 0 Å². The van der Waals surface area contributed by atoms with Gasteiger partial charge >= 0.3 is 6.18 Å². The SMILES string of the molecule is O=C(CNc1cccc(F)c1)Nc1cccc(C(F)(F)F)c1. The Kier molecular flexibility index (Phi) is 4.65. The Morgan fingerprint density at radius 2 is 1.68 bits per heavy atom. The first kappa shape index (κ1) is 15.8. The van der Waals surface area contributed by atoms with E-state index in [0.717, 1.165) is 12.1 Å². The van der Waals surface area contributed by atoms with Crippen LogP contribution >= 0.6 is 0 Å². The molecule has 2 rings (SSSR count). The van der Waals surface area contributed by atoms with Gasteiger partial charge in [-0.25, -0.2) is 4.39 Å². The third-order valence-corrected chi connectivity index (χ3v) is 2.75. The van der Waals surface area contributed by atoms with E-state index in [9.17, 15) is 22.4 Å². The molecule has 22 heavy (non-hydrogen) atoms. The van der Waals surface area contributed by atoms with Crippen molar-refractivity contribution in [1.29, 1.82) is 0 Å². The van der Waals surface area contributed by atoms with E-state index in [1.165, 1.54) is 30.3 Å². The highest BCUT2D eigenvalue weighted by molar-refractivity contribution is 5.93. The lowest BCUT2D eigenvalue weighted by atomic mass is 10.2. The summed E-state index contributed by atoms with van der Waals surface area (Å²) in [6.07, 6.45) is -4.47. The van der Waals surface area contributed by atoms with Crippen molar-refractivity contribution in [3.63, 3.8) is 0 Å². The summed E-state index contributed by atoms with van der Waals surface area (Å²) >= 11 is 0. The molecule has 0 fully saturated rings. The summed E-state index contributed by atoms with van der Waals surface area (Å²) in [7, 11) is 0. The van der Waals surface area contributed by atoms with Crippen LogP contribution in [-0.4, -0.2) is 12.5 Å². The lowest BCUT2D eigenvalue weighted by molar-refractivity contribution is -0.137. The van der Waals surface area contributed by atoms with Gasteiger partial charge in [0, 0.05) is 11.4 Å². The Balaban J connectivity index is 1.95. The van der Waals surface area contributed by atoms with Gasteiger partial charge in [0.1, 0.15) is 5.82 Å². The molecule has 0 spiro atoms. The number of nitrogens with one attached hydrogen (secondary N) is 2. The van der Waals surface area contributed by atoms with Crippen molar-refractivity contribution in [1.82, 2.24) is 0 Å². The summed E-state index contributed by atoms with van der Waals surface area (Å²) in [6.45, 7) is -0.195. The number of carbonyl (C=O) groups is 1. The average Bonchev–Trinajstić information content (AvgIpc) is 2.45. The number of anilines is 2. The van der Waals surface area contributed by atoms with Crippen molar-refractivity contribution >= 4 is 17.3 Å². The Bertz CT molecular complexity index is 671. The molecule has 7 heteroatoms. The molecule has 0 heterocycles. The smallest absolute Gasteiger partial charge is 0.376 e. The molecule has 0 saturated carbocycles. The molecular formula is C15H12F4N2O. The molecule has 0 radical (unpaired) electrons. The number of halogens is 4. The molecule has 2 N–H and O–H groups in total. The highest BCUT2D eigenvalue weighted by atomic mass is 19.4. The molecule has 1 amide bonds. The van der Waals surface area contributed by atoms with E-state index in [4.69, 9.17) is 0 Å². The molecule has 0 unspecified atom stereocenters. The number of amides is 1. The second-order valence-electron chi connectivity index (χ2n) is 4.49. The van der Waals surface area contributed by atoms with Gasteiger partial charge in [-0.05, 0) is 36.4 Å². The van der Waals surface area contributed by atoms with E-state index < -0.39 is 23.5 Å². The third kappa shape index (κ3) is 4.47. The molecule has 0 aliphatic rings. The predicted octanol–water partition coefficient (Wildman–Crippen LogP) is 3.90. The van der Waals surface area contributed by atoms with Crippen molar-refractivity contribution < 1.29 is 22.4 Å². The predicted molar refractivity (Wildman–Crippen MR) is 75.0 cm³/mol. The normalized spacial score (nSPS) is 11.1. The summed E-state index contributed by atoms with van der Waals surface area (Å²) in [5.74, 6) is -0.994. The van der Waals surface area contributed by atoms with Crippen molar-refractivity contribution in [3.05, 3.63) is 59.9 Å². The van der Waals surface area contributed by atoms with Crippen LogP contribution in [0.5, 0.6) is 0 Å². The Morgan fingerprint density at radius 3 is 2.36 bits per heavy atom. The molecule has 116 valence electrons. The van der Waals surface area contributed by atoms with E-state index >= 15 is 0 Å². The molecular weight excluding hydrogens is 300 g/mol. The van der Waals surface area contributed by atoms with E-state index in [1.807, 2.05) is 0 Å². The van der Waals surface area contributed by atoms with Gasteiger partial charge < -0.3 is 10.6 Å². The van der Waals surface area contributed by atoms with Crippen LogP contribution in [0.3, 0.4) is 0 Å². The van der Waals surface area contributed by atoms with E-state index in [-0.39, 0.29) is 12.2 Å². The largest absolute Gasteiger partial charge is 0.416 e. The van der Waals surface area contributed by atoms with Crippen LogP contribution in [0.25, 0.3) is 0 Å². The zero-order valence-electron chi connectivity index (χ0n) is 11.2. The molecule has 0 atom stereocenters. The highest BCUT2D eigenvalue weighted by Gasteiger charge is 2.30. The number of alkyl halides is 3. The van der Waals surface area contributed by atoms with Crippen LogP contribution < -0.4 is 10.6 Å². The third-order valence-electron chi connectivity index (χ3n) is 2.75. The summed E-state index contributed by atoms with van der Waals surface area (Å²) in [5, 5.41) is 5.02. The van der Waals surface area contributed by atoms with Gasteiger partial charge in [-0.1, -0.05) is 12.1 Å². The maximum Gasteiger partial charge on any atom is 0.416 e. The molecule has 0 aliphatic carbocycles. The van der Waals surface area contributed by atoms with Gasteiger partial charge in [-0.15, -0.1) is 0 Å². The first-order valence-electron chi connectivity index (χ1n) is 6.31. The van der Waals surface area contributed by atoms with Gasteiger partial charge in [0.15, 0.2) is 0 Å². The lowest BCUT2D eigenvalue weighted by Gasteiger charge is -2.10. The summed E-state index contributed by atoms with van der Waals surface area (Å²) in [5.41, 5.74) is -0.400. The van der Waals surface area contributed by atoms with Crippen LogP contribution in [0.15, 0.2) is 48.5 Å². The van der Waals surface area contributed by atoms with Crippen molar-refractivity contribution in [3.8, 4) is 0 Å². The van der Waals surface area contributed by atoms with Crippen molar-refractivity contribution in [2.24, 2.45) is 0 Å². The quantitative estimate of drug-likeness (QED) is 0.841. The molecule has 3 nitrogen and oxygen atoms in total. The van der Waals surface area contributed by atoms with Gasteiger partial charge in [0.25, 0.3) is 0 Å².